The normalized spacial score (nSPS) is 23.0. The molecule has 0 heterocycles. The fraction of sp³-hybridized carbons (Fsp3) is 0.875. The second-order valence-corrected chi connectivity index (χ2v) is 7.82. The van der Waals surface area contributed by atoms with Gasteiger partial charge in [-0.05, 0) is 60.3 Å². The minimum atomic E-state index is -0.536. The zero-order valence-corrected chi connectivity index (χ0v) is 14.5. The maximum atomic E-state index is 11.7. The molecule has 0 bridgehead atoms. The molecule has 2 amide bonds. The minimum absolute atomic E-state index is 0.164. The number of nitrogens with one attached hydrogen (secondary N) is 2. The number of hydrogen-bond donors (Lipinski definition) is 3. The molecule has 6 heteroatoms. The van der Waals surface area contributed by atoms with Crippen LogP contribution in [0.25, 0.3) is 0 Å². The number of amides is 2. The molecule has 1 rings (SSSR count). The molecule has 1 fully saturated rings. The maximum absolute atomic E-state index is 11.7. The summed E-state index contributed by atoms with van der Waals surface area (Å²) in [6.45, 7) is 9.84. The Morgan fingerprint density at radius 3 is 2.00 bits per heavy atom. The third kappa shape index (κ3) is 6.64. The molecule has 0 aromatic carbocycles. The van der Waals surface area contributed by atoms with Crippen LogP contribution in [-0.2, 0) is 9.53 Å². The van der Waals surface area contributed by atoms with Crippen LogP contribution in [0.15, 0.2) is 0 Å². The van der Waals surface area contributed by atoms with Gasteiger partial charge in [0.15, 0.2) is 0 Å². The van der Waals surface area contributed by atoms with Crippen LogP contribution in [0, 0.1) is 5.41 Å². The number of ether oxygens (including phenoxy) is 1. The molecule has 0 aromatic heterocycles. The molecule has 6 nitrogen and oxygen atoms in total. The van der Waals surface area contributed by atoms with Crippen molar-refractivity contribution >= 4 is 12.0 Å². The summed E-state index contributed by atoms with van der Waals surface area (Å²) >= 11 is 0. The zero-order valence-electron chi connectivity index (χ0n) is 14.5. The first-order valence-electron chi connectivity index (χ1n) is 8.02. The van der Waals surface area contributed by atoms with Gasteiger partial charge in [0.1, 0.15) is 5.60 Å². The first-order valence-corrected chi connectivity index (χ1v) is 8.02. The van der Waals surface area contributed by atoms with E-state index in [-0.39, 0.29) is 18.0 Å². The van der Waals surface area contributed by atoms with Crippen molar-refractivity contribution in [2.75, 3.05) is 6.54 Å². The summed E-state index contributed by atoms with van der Waals surface area (Å²) in [6, 6.07) is 0.535. The van der Waals surface area contributed by atoms with E-state index in [2.05, 4.69) is 10.6 Å². The predicted molar refractivity (Wildman–Crippen MR) is 86.4 cm³/mol. The molecule has 0 atom stereocenters. The van der Waals surface area contributed by atoms with Crippen molar-refractivity contribution in [2.24, 2.45) is 11.1 Å². The average molecular weight is 313 g/mol. The van der Waals surface area contributed by atoms with Crippen molar-refractivity contribution in [1.82, 2.24) is 10.6 Å². The Bertz CT molecular complexity index is 394. The third-order valence-electron chi connectivity index (χ3n) is 3.95. The van der Waals surface area contributed by atoms with Gasteiger partial charge in [0, 0.05) is 18.6 Å². The van der Waals surface area contributed by atoms with Gasteiger partial charge in [0.2, 0.25) is 5.91 Å². The van der Waals surface area contributed by atoms with Crippen molar-refractivity contribution in [3.05, 3.63) is 0 Å². The van der Waals surface area contributed by atoms with Gasteiger partial charge < -0.3 is 21.1 Å². The van der Waals surface area contributed by atoms with Crippen LogP contribution in [0.4, 0.5) is 4.79 Å². The standard InChI is InChI=1S/C16H31N3O3/c1-15(2,3)22-14(21)19-12-8-6-11(7-9-12)18-10-16(4,5)13(17)20/h11-12,18H,6-10H2,1-5H3,(H2,17,20)(H,19,21). The fourth-order valence-electron chi connectivity index (χ4n) is 2.40. The first kappa shape index (κ1) is 18.7. The molecule has 128 valence electrons. The summed E-state index contributed by atoms with van der Waals surface area (Å²) in [5, 5.41) is 6.33. The van der Waals surface area contributed by atoms with Gasteiger partial charge in [-0.25, -0.2) is 4.79 Å². The number of nitrogens with two attached hydrogens (primary N) is 1. The number of carbonyl (C=O) groups excluding carboxylic acids is 2. The lowest BCUT2D eigenvalue weighted by atomic mass is 9.88. The lowest BCUT2D eigenvalue weighted by Crippen LogP contribution is -2.47. The molecule has 0 saturated heterocycles. The highest BCUT2D eigenvalue weighted by molar-refractivity contribution is 5.80. The molecular weight excluding hydrogens is 282 g/mol. The lowest BCUT2D eigenvalue weighted by Gasteiger charge is -2.32. The third-order valence-corrected chi connectivity index (χ3v) is 3.95. The molecule has 0 aliphatic heterocycles. The van der Waals surface area contributed by atoms with E-state index in [4.69, 9.17) is 10.5 Å². The van der Waals surface area contributed by atoms with Gasteiger partial charge in [-0.1, -0.05) is 0 Å². The first-order chi connectivity index (χ1) is 9.99. The Morgan fingerprint density at radius 2 is 1.55 bits per heavy atom. The van der Waals surface area contributed by atoms with Crippen LogP contribution < -0.4 is 16.4 Å². The van der Waals surface area contributed by atoms with E-state index in [1.54, 1.807) is 0 Å². The minimum Gasteiger partial charge on any atom is -0.444 e. The van der Waals surface area contributed by atoms with Crippen molar-refractivity contribution in [2.45, 2.75) is 78.0 Å². The SMILES string of the molecule is CC(C)(C)OC(=O)NC1CCC(NCC(C)(C)C(N)=O)CC1. The molecule has 22 heavy (non-hydrogen) atoms. The topological polar surface area (TPSA) is 93.4 Å². The summed E-state index contributed by atoms with van der Waals surface area (Å²) in [5.41, 5.74) is 4.37. The van der Waals surface area contributed by atoms with Crippen molar-refractivity contribution in [1.29, 1.82) is 0 Å². The smallest absolute Gasteiger partial charge is 0.407 e. The van der Waals surface area contributed by atoms with Gasteiger partial charge in [-0.3, -0.25) is 4.79 Å². The van der Waals surface area contributed by atoms with E-state index in [1.807, 2.05) is 34.6 Å². The van der Waals surface area contributed by atoms with Crippen LogP contribution >= 0.6 is 0 Å². The Balaban J connectivity index is 2.29. The molecule has 1 aliphatic rings. The Morgan fingerprint density at radius 1 is 1.05 bits per heavy atom. The Kier molecular flexibility index (Phi) is 6.23. The Labute approximate surface area is 133 Å². The van der Waals surface area contributed by atoms with E-state index in [0.717, 1.165) is 25.7 Å². The van der Waals surface area contributed by atoms with E-state index in [0.29, 0.717) is 12.6 Å². The quantitative estimate of drug-likeness (QED) is 0.723. The van der Waals surface area contributed by atoms with Crippen molar-refractivity contribution < 1.29 is 14.3 Å². The van der Waals surface area contributed by atoms with Crippen LogP contribution in [0.3, 0.4) is 0 Å². The molecule has 1 aliphatic carbocycles. The second-order valence-electron chi connectivity index (χ2n) is 7.82. The fourth-order valence-corrected chi connectivity index (χ4v) is 2.40. The second kappa shape index (κ2) is 7.31. The predicted octanol–water partition coefficient (Wildman–Crippen LogP) is 1.92. The zero-order chi connectivity index (χ0) is 17.0. The molecule has 1 saturated carbocycles. The number of alkyl carbamates (subject to hydrolysis) is 1. The lowest BCUT2D eigenvalue weighted by molar-refractivity contribution is -0.125. The van der Waals surface area contributed by atoms with Gasteiger partial charge >= 0.3 is 6.09 Å². The summed E-state index contributed by atoms with van der Waals surface area (Å²) in [5.74, 6) is -0.291. The van der Waals surface area contributed by atoms with Gasteiger partial charge in [-0.15, -0.1) is 0 Å². The number of carbonyl (C=O) groups is 2. The summed E-state index contributed by atoms with van der Waals surface area (Å²) in [4.78, 5) is 23.0. The van der Waals surface area contributed by atoms with Crippen LogP contribution in [0.1, 0.15) is 60.3 Å². The van der Waals surface area contributed by atoms with Crippen molar-refractivity contribution in [3.63, 3.8) is 0 Å². The summed E-state index contributed by atoms with van der Waals surface area (Å²) < 4.78 is 5.27. The van der Waals surface area contributed by atoms with Crippen molar-refractivity contribution in [3.8, 4) is 0 Å². The summed E-state index contributed by atoms with van der Waals surface area (Å²) in [6.07, 6.45) is 3.41. The molecule has 4 N–H and O–H groups in total. The van der Waals surface area contributed by atoms with E-state index in [1.165, 1.54) is 0 Å². The largest absolute Gasteiger partial charge is 0.444 e. The molecule has 0 spiro atoms. The Hall–Kier alpha value is -1.30. The van der Waals surface area contributed by atoms with Crippen LogP contribution in [0.5, 0.6) is 0 Å². The maximum Gasteiger partial charge on any atom is 0.407 e. The molecular formula is C16H31N3O3. The molecule has 0 unspecified atom stereocenters. The monoisotopic (exact) mass is 313 g/mol. The highest BCUT2D eigenvalue weighted by Crippen LogP contribution is 2.21. The number of hydrogen-bond acceptors (Lipinski definition) is 4. The highest BCUT2D eigenvalue weighted by Gasteiger charge is 2.28. The van der Waals surface area contributed by atoms with Crippen LogP contribution in [0.2, 0.25) is 0 Å². The van der Waals surface area contributed by atoms with Gasteiger partial charge in [-0.2, -0.15) is 0 Å². The number of rotatable bonds is 5. The molecule has 0 aromatic rings. The van der Waals surface area contributed by atoms with Gasteiger partial charge in [0.25, 0.3) is 0 Å². The molecule has 0 radical (unpaired) electrons. The summed E-state index contributed by atoms with van der Waals surface area (Å²) in [7, 11) is 0. The van der Waals surface area contributed by atoms with E-state index >= 15 is 0 Å². The van der Waals surface area contributed by atoms with Crippen LogP contribution in [-0.4, -0.2) is 36.2 Å². The average Bonchev–Trinajstić information content (AvgIpc) is 2.35. The van der Waals surface area contributed by atoms with Gasteiger partial charge in [0.05, 0.1) is 5.41 Å². The highest BCUT2D eigenvalue weighted by atomic mass is 16.6. The number of primary amides is 1. The van der Waals surface area contributed by atoms with E-state index in [9.17, 15) is 9.59 Å². The van der Waals surface area contributed by atoms with E-state index < -0.39 is 11.0 Å².